The third-order valence-electron chi connectivity index (χ3n) is 7.73. The number of nitrogens with zero attached hydrogens (tertiary/aromatic N) is 5. The number of aromatic nitrogens is 5. The number of amides is 1. The predicted molar refractivity (Wildman–Crippen MR) is 158 cm³/mol. The fraction of sp³-hybridized carbons (Fsp3) is 0.290. The molecule has 1 atom stereocenters. The number of ether oxygens (including phenoxy) is 2. The van der Waals surface area contributed by atoms with Crippen molar-refractivity contribution in [3.05, 3.63) is 77.5 Å². The third kappa shape index (κ3) is 5.02. The molecule has 9 nitrogen and oxygen atoms in total. The van der Waals surface area contributed by atoms with Crippen LogP contribution in [-0.2, 0) is 17.8 Å². The number of halogens is 3. The van der Waals surface area contributed by atoms with Gasteiger partial charge in [-0.05, 0) is 63.2 Å². The fourth-order valence-electron chi connectivity index (χ4n) is 5.76. The van der Waals surface area contributed by atoms with Crippen LogP contribution in [0.3, 0.4) is 0 Å². The summed E-state index contributed by atoms with van der Waals surface area (Å²) in [6, 6.07) is 11.5. The number of pyridine rings is 1. The molecule has 3 aromatic heterocycles. The molecule has 43 heavy (non-hydrogen) atoms. The molecule has 0 unspecified atom stereocenters. The number of nitrogens with one attached hydrogen (secondary N) is 1. The second kappa shape index (κ2) is 10.1. The van der Waals surface area contributed by atoms with Gasteiger partial charge in [0.05, 0.1) is 35.1 Å². The van der Waals surface area contributed by atoms with Gasteiger partial charge in [-0.15, -0.1) is 8.78 Å². The summed E-state index contributed by atoms with van der Waals surface area (Å²) < 4.78 is 40.2. The van der Waals surface area contributed by atoms with Gasteiger partial charge in [0.2, 0.25) is 0 Å². The number of hydrogen-bond donors (Lipinski definition) is 1. The molecule has 0 spiro atoms. The van der Waals surface area contributed by atoms with Gasteiger partial charge < -0.3 is 19.4 Å². The molecule has 4 heterocycles. The van der Waals surface area contributed by atoms with Gasteiger partial charge in [-0.2, -0.15) is 5.10 Å². The number of anilines is 1. The van der Waals surface area contributed by atoms with E-state index < -0.39 is 5.57 Å². The van der Waals surface area contributed by atoms with Crippen LogP contribution in [0.5, 0.6) is 5.75 Å². The lowest BCUT2D eigenvalue weighted by Crippen LogP contribution is -2.21. The van der Waals surface area contributed by atoms with Gasteiger partial charge >= 0.3 is 5.57 Å². The lowest BCUT2D eigenvalue weighted by molar-refractivity contribution is -0.0964. The Morgan fingerprint density at radius 1 is 1.19 bits per heavy atom. The van der Waals surface area contributed by atoms with Crippen molar-refractivity contribution in [1.82, 2.24) is 24.3 Å². The van der Waals surface area contributed by atoms with Gasteiger partial charge in [-0.1, -0.05) is 0 Å². The first-order valence-corrected chi connectivity index (χ1v) is 14.3. The maximum absolute atomic E-state index is 13.5. The topological polar surface area (TPSA) is 96.1 Å². The number of carbonyl (C=O) groups excluding carboxylic acids is 1. The van der Waals surface area contributed by atoms with Crippen LogP contribution in [0.1, 0.15) is 60.3 Å². The molecule has 0 radical (unpaired) electrons. The summed E-state index contributed by atoms with van der Waals surface area (Å²) in [6.07, 6.45) is 4.64. The highest BCUT2D eigenvalue weighted by Gasteiger charge is 2.29. The lowest BCUT2D eigenvalue weighted by Gasteiger charge is -2.23. The molecule has 2 aliphatic rings. The van der Waals surface area contributed by atoms with Crippen molar-refractivity contribution in [2.45, 2.75) is 51.5 Å². The second-order valence-corrected chi connectivity index (χ2v) is 11.6. The Bertz CT molecular complexity index is 1890. The van der Waals surface area contributed by atoms with Crippen molar-refractivity contribution in [1.29, 1.82) is 0 Å². The molecule has 1 aliphatic heterocycles. The molecular weight excluding hydrogens is 578 g/mol. The standard InChI is InChI=1S/C31H27ClF2N6O3/c1-16(2)39-13-20-11-25-24(28(20)38-39)9-19(12-35-25)23-8-18(10-26-29(23)40-17(3)14-42-15-27(40)37-26)30(41)36-21-4-6-22(7-5-21)43-31(32,33)34/h4-10,12-13,16-17H,11,14-15H2,1-3H3,(H,36,41)/t17-/m1/s1. The van der Waals surface area contributed by atoms with Gasteiger partial charge in [-0.3, -0.25) is 14.5 Å². The van der Waals surface area contributed by atoms with Crippen LogP contribution >= 0.6 is 11.6 Å². The van der Waals surface area contributed by atoms with Gasteiger partial charge in [0, 0.05) is 70.0 Å². The normalized spacial score (nSPS) is 15.8. The molecule has 1 aliphatic carbocycles. The molecule has 0 fully saturated rings. The molecule has 1 N–H and O–H groups in total. The highest BCUT2D eigenvalue weighted by Crippen LogP contribution is 2.40. The second-order valence-electron chi connectivity index (χ2n) is 11.2. The first-order valence-electron chi connectivity index (χ1n) is 13.9. The van der Waals surface area contributed by atoms with E-state index in [2.05, 4.69) is 47.7 Å². The summed E-state index contributed by atoms with van der Waals surface area (Å²) in [4.78, 5) is 23.2. The summed E-state index contributed by atoms with van der Waals surface area (Å²) in [6.45, 7) is 7.19. The zero-order valence-electron chi connectivity index (χ0n) is 23.6. The summed E-state index contributed by atoms with van der Waals surface area (Å²) in [7, 11) is 0. The molecule has 5 aromatic rings. The van der Waals surface area contributed by atoms with E-state index in [0.29, 0.717) is 30.0 Å². The average molecular weight is 605 g/mol. The molecule has 1 amide bonds. The number of hydrogen-bond acceptors (Lipinski definition) is 6. The summed E-state index contributed by atoms with van der Waals surface area (Å²) in [5, 5.41) is 7.67. The van der Waals surface area contributed by atoms with Gasteiger partial charge in [0.25, 0.3) is 5.91 Å². The zero-order chi connectivity index (χ0) is 30.0. The Hall–Kier alpha value is -4.35. The first-order chi connectivity index (χ1) is 20.5. The number of fused-ring (bicyclic) bond motifs is 6. The predicted octanol–water partition coefficient (Wildman–Crippen LogP) is 6.96. The Morgan fingerprint density at radius 2 is 1.98 bits per heavy atom. The zero-order valence-corrected chi connectivity index (χ0v) is 24.3. The Balaban J connectivity index is 1.30. The molecule has 0 saturated carbocycles. The average Bonchev–Trinajstić information content (AvgIpc) is 3.64. The minimum atomic E-state index is -3.83. The maximum Gasteiger partial charge on any atom is 0.487 e. The van der Waals surface area contributed by atoms with Crippen molar-refractivity contribution in [2.24, 2.45) is 0 Å². The molecule has 0 bridgehead atoms. The van der Waals surface area contributed by atoms with Crippen LogP contribution in [0.15, 0.2) is 54.9 Å². The van der Waals surface area contributed by atoms with E-state index in [9.17, 15) is 13.6 Å². The van der Waals surface area contributed by atoms with E-state index in [4.69, 9.17) is 31.4 Å². The SMILES string of the molecule is CC(C)n1cc2c(n1)-c1cc(-c3cc(C(=O)Nc4ccc(OC(F)(F)Cl)cc4)cc4nc5n(c34)[C@H](C)COC5)cnc1C2. The summed E-state index contributed by atoms with van der Waals surface area (Å²) in [5.74, 6) is 0.264. The van der Waals surface area contributed by atoms with Crippen molar-refractivity contribution in [3.8, 4) is 28.1 Å². The highest BCUT2D eigenvalue weighted by molar-refractivity contribution is 6.20. The van der Waals surface area contributed by atoms with Crippen LogP contribution in [0.25, 0.3) is 33.4 Å². The number of carbonyl (C=O) groups is 1. The highest BCUT2D eigenvalue weighted by atomic mass is 35.5. The van der Waals surface area contributed by atoms with Crippen LogP contribution in [0.2, 0.25) is 0 Å². The Kier molecular flexibility index (Phi) is 6.48. The number of alkyl halides is 3. The van der Waals surface area contributed by atoms with E-state index in [1.54, 1.807) is 6.07 Å². The Labute approximate surface area is 250 Å². The van der Waals surface area contributed by atoms with Crippen molar-refractivity contribution >= 4 is 34.2 Å². The molecule has 7 rings (SSSR count). The van der Waals surface area contributed by atoms with E-state index in [0.717, 1.165) is 51.4 Å². The van der Waals surface area contributed by atoms with Crippen molar-refractivity contribution < 1.29 is 23.0 Å². The smallest absolute Gasteiger partial charge is 0.420 e. The number of rotatable bonds is 6. The monoisotopic (exact) mass is 604 g/mol. The van der Waals surface area contributed by atoms with E-state index in [1.807, 2.05) is 16.9 Å². The van der Waals surface area contributed by atoms with Gasteiger partial charge in [-0.25, -0.2) is 4.98 Å². The van der Waals surface area contributed by atoms with Crippen molar-refractivity contribution in [3.63, 3.8) is 0 Å². The van der Waals surface area contributed by atoms with Crippen LogP contribution in [-0.4, -0.2) is 42.4 Å². The van der Waals surface area contributed by atoms with Gasteiger partial charge in [0.1, 0.15) is 18.2 Å². The molecule has 12 heteroatoms. The quantitative estimate of drug-likeness (QED) is 0.207. The number of benzene rings is 2. The van der Waals surface area contributed by atoms with Crippen LogP contribution in [0, 0.1) is 0 Å². The summed E-state index contributed by atoms with van der Waals surface area (Å²) in [5.41, 5.74) is 4.20. The lowest BCUT2D eigenvalue weighted by atomic mass is 9.99. The number of imidazole rings is 1. The summed E-state index contributed by atoms with van der Waals surface area (Å²) >= 11 is 4.85. The van der Waals surface area contributed by atoms with Gasteiger partial charge in [0.15, 0.2) is 0 Å². The third-order valence-corrected chi connectivity index (χ3v) is 7.81. The van der Waals surface area contributed by atoms with E-state index >= 15 is 0 Å². The fourth-order valence-corrected chi connectivity index (χ4v) is 5.85. The molecular formula is C31H27ClF2N6O3. The largest absolute Gasteiger partial charge is 0.487 e. The minimum Gasteiger partial charge on any atom is -0.420 e. The van der Waals surface area contributed by atoms with E-state index in [-0.39, 0.29) is 23.7 Å². The Morgan fingerprint density at radius 3 is 2.72 bits per heavy atom. The van der Waals surface area contributed by atoms with Crippen LogP contribution in [0.4, 0.5) is 14.5 Å². The van der Waals surface area contributed by atoms with E-state index in [1.165, 1.54) is 24.3 Å². The van der Waals surface area contributed by atoms with Crippen LogP contribution < -0.4 is 10.1 Å². The van der Waals surface area contributed by atoms with Crippen molar-refractivity contribution in [2.75, 3.05) is 11.9 Å². The first kappa shape index (κ1) is 27.5. The molecule has 0 saturated heterocycles. The molecule has 2 aromatic carbocycles. The maximum atomic E-state index is 13.5. The molecule has 220 valence electrons. The minimum absolute atomic E-state index is 0.0454.